The molecule has 1 saturated carbocycles. The number of nitrogens with two attached hydrogens (primary N) is 1. The Morgan fingerprint density at radius 2 is 1.62 bits per heavy atom. The van der Waals surface area contributed by atoms with Crippen LogP contribution in [-0.4, -0.2) is 17.7 Å². The van der Waals surface area contributed by atoms with Gasteiger partial charge in [-0.3, -0.25) is 0 Å². The lowest BCUT2D eigenvalue weighted by Gasteiger charge is -2.33. The Kier molecular flexibility index (Phi) is 2.50. The van der Waals surface area contributed by atoms with Crippen molar-refractivity contribution in [2.45, 2.75) is 58.6 Å². The van der Waals surface area contributed by atoms with Gasteiger partial charge in [-0.15, -0.1) is 0 Å². The molecule has 0 heterocycles. The van der Waals surface area contributed by atoms with Gasteiger partial charge in [0.05, 0.1) is 12.2 Å². The third-order valence-electron chi connectivity index (χ3n) is 3.00. The van der Waals surface area contributed by atoms with E-state index < -0.39 is 0 Å². The van der Waals surface area contributed by atoms with Crippen LogP contribution >= 0.6 is 0 Å². The highest BCUT2D eigenvalue weighted by Crippen LogP contribution is 2.53. The molecule has 0 atom stereocenters. The van der Waals surface area contributed by atoms with Gasteiger partial charge >= 0.3 is 0 Å². The molecule has 78 valence electrons. The third-order valence-corrected chi connectivity index (χ3v) is 3.00. The fourth-order valence-corrected chi connectivity index (χ4v) is 1.48. The van der Waals surface area contributed by atoms with Crippen LogP contribution in [0.15, 0.2) is 0 Å². The topological polar surface area (TPSA) is 35.2 Å². The van der Waals surface area contributed by atoms with E-state index in [1.165, 1.54) is 12.8 Å². The smallest absolute Gasteiger partial charge is 0.0598 e. The van der Waals surface area contributed by atoms with Crippen molar-refractivity contribution in [2.24, 2.45) is 11.1 Å². The van der Waals surface area contributed by atoms with Crippen LogP contribution < -0.4 is 5.73 Å². The molecule has 0 unspecified atom stereocenters. The lowest BCUT2D eigenvalue weighted by atomic mass is 9.86. The SMILES string of the molecule is CC(C)(C)OCC1(C(C)(C)N)CC1. The maximum atomic E-state index is 6.13. The Morgan fingerprint density at radius 3 is 1.85 bits per heavy atom. The highest BCUT2D eigenvalue weighted by Gasteiger charge is 2.53. The van der Waals surface area contributed by atoms with Gasteiger partial charge in [-0.05, 0) is 47.5 Å². The summed E-state index contributed by atoms with van der Waals surface area (Å²) < 4.78 is 5.80. The molecule has 0 radical (unpaired) electrons. The average molecular weight is 185 g/mol. The Hall–Kier alpha value is -0.0800. The van der Waals surface area contributed by atoms with Crippen molar-refractivity contribution in [3.8, 4) is 0 Å². The van der Waals surface area contributed by atoms with Crippen LogP contribution in [0.3, 0.4) is 0 Å². The summed E-state index contributed by atoms with van der Waals surface area (Å²) in [6.45, 7) is 11.3. The van der Waals surface area contributed by atoms with E-state index in [9.17, 15) is 0 Å². The highest BCUT2D eigenvalue weighted by molar-refractivity contribution is 5.07. The standard InChI is InChI=1S/C11H23NO/c1-9(2,3)13-8-11(6-7-11)10(4,5)12/h6-8,12H2,1-5H3. The second-order valence-corrected chi connectivity index (χ2v) is 5.90. The summed E-state index contributed by atoms with van der Waals surface area (Å²) in [5.74, 6) is 0. The van der Waals surface area contributed by atoms with E-state index in [1.807, 2.05) is 0 Å². The van der Waals surface area contributed by atoms with Gasteiger partial charge in [0, 0.05) is 11.0 Å². The van der Waals surface area contributed by atoms with E-state index in [0.717, 1.165) is 6.61 Å². The summed E-state index contributed by atoms with van der Waals surface area (Å²) >= 11 is 0. The first-order chi connectivity index (χ1) is 5.66. The molecule has 0 saturated heterocycles. The van der Waals surface area contributed by atoms with Crippen molar-refractivity contribution in [2.75, 3.05) is 6.61 Å². The maximum absolute atomic E-state index is 6.13. The summed E-state index contributed by atoms with van der Waals surface area (Å²) in [7, 11) is 0. The van der Waals surface area contributed by atoms with Crippen LogP contribution in [-0.2, 0) is 4.74 Å². The van der Waals surface area contributed by atoms with Crippen LogP contribution in [0, 0.1) is 5.41 Å². The predicted octanol–water partition coefficient (Wildman–Crippen LogP) is 2.32. The number of ether oxygens (including phenoxy) is 1. The van der Waals surface area contributed by atoms with E-state index in [2.05, 4.69) is 34.6 Å². The van der Waals surface area contributed by atoms with Crippen molar-refractivity contribution in [3.63, 3.8) is 0 Å². The minimum absolute atomic E-state index is 0.0408. The molecule has 1 aliphatic rings. The van der Waals surface area contributed by atoms with Crippen molar-refractivity contribution in [1.29, 1.82) is 0 Å². The quantitative estimate of drug-likeness (QED) is 0.732. The first-order valence-corrected chi connectivity index (χ1v) is 5.09. The number of rotatable bonds is 3. The van der Waals surface area contributed by atoms with Crippen molar-refractivity contribution < 1.29 is 4.74 Å². The molecule has 0 aromatic carbocycles. The zero-order chi connectivity index (χ0) is 10.3. The number of hydrogen-bond acceptors (Lipinski definition) is 2. The minimum Gasteiger partial charge on any atom is -0.375 e. The molecule has 0 spiro atoms. The van der Waals surface area contributed by atoms with Crippen molar-refractivity contribution >= 4 is 0 Å². The van der Waals surface area contributed by atoms with Gasteiger partial charge in [0.15, 0.2) is 0 Å². The van der Waals surface area contributed by atoms with Crippen LogP contribution in [0.5, 0.6) is 0 Å². The maximum Gasteiger partial charge on any atom is 0.0598 e. The van der Waals surface area contributed by atoms with Crippen LogP contribution in [0.2, 0.25) is 0 Å². The Bertz CT molecular complexity index is 181. The molecular weight excluding hydrogens is 162 g/mol. The van der Waals surface area contributed by atoms with Gasteiger partial charge in [0.2, 0.25) is 0 Å². The average Bonchev–Trinajstić information content (AvgIpc) is 2.58. The Morgan fingerprint density at radius 1 is 1.15 bits per heavy atom. The zero-order valence-electron chi connectivity index (χ0n) is 9.61. The highest BCUT2D eigenvalue weighted by atomic mass is 16.5. The lowest BCUT2D eigenvalue weighted by molar-refractivity contribution is -0.0402. The van der Waals surface area contributed by atoms with E-state index in [1.54, 1.807) is 0 Å². The van der Waals surface area contributed by atoms with Crippen LogP contribution in [0.25, 0.3) is 0 Å². The van der Waals surface area contributed by atoms with Gasteiger partial charge < -0.3 is 10.5 Å². The monoisotopic (exact) mass is 185 g/mol. The molecule has 1 rings (SSSR count). The summed E-state index contributed by atoms with van der Waals surface area (Å²) in [5.41, 5.74) is 6.24. The van der Waals surface area contributed by atoms with Crippen LogP contribution in [0.1, 0.15) is 47.5 Å². The van der Waals surface area contributed by atoms with Gasteiger partial charge in [0.1, 0.15) is 0 Å². The van der Waals surface area contributed by atoms with Crippen molar-refractivity contribution in [3.05, 3.63) is 0 Å². The Labute approximate surface area is 81.8 Å². The minimum atomic E-state index is -0.0990. The molecule has 0 bridgehead atoms. The second-order valence-electron chi connectivity index (χ2n) is 5.90. The lowest BCUT2D eigenvalue weighted by Crippen LogP contribution is -2.46. The molecule has 13 heavy (non-hydrogen) atoms. The molecule has 1 fully saturated rings. The molecule has 0 aromatic rings. The van der Waals surface area contributed by atoms with Crippen LogP contribution in [0.4, 0.5) is 0 Å². The molecule has 0 aliphatic heterocycles. The summed E-state index contributed by atoms with van der Waals surface area (Å²) in [4.78, 5) is 0. The molecule has 2 heteroatoms. The van der Waals surface area contributed by atoms with E-state index in [0.29, 0.717) is 0 Å². The number of hydrogen-bond donors (Lipinski definition) is 1. The summed E-state index contributed by atoms with van der Waals surface area (Å²) in [5, 5.41) is 0. The first kappa shape index (κ1) is 11.0. The van der Waals surface area contributed by atoms with Gasteiger partial charge in [-0.25, -0.2) is 0 Å². The van der Waals surface area contributed by atoms with Gasteiger partial charge in [-0.1, -0.05) is 0 Å². The molecule has 0 amide bonds. The first-order valence-electron chi connectivity index (χ1n) is 5.09. The summed E-state index contributed by atoms with van der Waals surface area (Å²) in [6, 6.07) is 0. The fourth-order valence-electron chi connectivity index (χ4n) is 1.48. The fraction of sp³-hybridized carbons (Fsp3) is 1.00. The molecular formula is C11H23NO. The third kappa shape index (κ3) is 2.68. The normalized spacial score (nSPS) is 21.7. The molecule has 2 N–H and O–H groups in total. The second kappa shape index (κ2) is 2.96. The Balaban J connectivity index is 2.46. The molecule has 0 aromatic heterocycles. The summed E-state index contributed by atoms with van der Waals surface area (Å²) in [6.07, 6.45) is 2.43. The van der Waals surface area contributed by atoms with E-state index in [-0.39, 0.29) is 16.6 Å². The largest absolute Gasteiger partial charge is 0.375 e. The van der Waals surface area contributed by atoms with Crippen molar-refractivity contribution in [1.82, 2.24) is 0 Å². The molecule has 2 nitrogen and oxygen atoms in total. The predicted molar refractivity (Wildman–Crippen MR) is 55.6 cm³/mol. The molecule has 1 aliphatic carbocycles. The van der Waals surface area contributed by atoms with Gasteiger partial charge in [0.25, 0.3) is 0 Å². The van der Waals surface area contributed by atoms with E-state index in [4.69, 9.17) is 10.5 Å². The van der Waals surface area contributed by atoms with Gasteiger partial charge in [-0.2, -0.15) is 0 Å². The van der Waals surface area contributed by atoms with E-state index >= 15 is 0 Å². The zero-order valence-corrected chi connectivity index (χ0v) is 9.61.